The molecule has 4 aromatic rings. The van der Waals surface area contributed by atoms with Crippen LogP contribution in [-0.2, 0) is 11.3 Å². The standard InChI is InChI=1S/C28H28ClN5O2/c1-28(2,3)27(36)31-15-17-7-10-22(29)20(13-17)26(35)33-23-5-4-6-25-21(23)16-32-34(25)19-11-12-30-24(14-19)18-8-9-18/h4-7,10-14,16,18H,8-9,15H2,1-3H3,(H,31,36)(H,33,35). The Morgan fingerprint density at radius 1 is 1.11 bits per heavy atom. The summed E-state index contributed by atoms with van der Waals surface area (Å²) in [5, 5.41) is 11.6. The third-order valence-corrected chi connectivity index (χ3v) is 6.61. The molecule has 0 radical (unpaired) electrons. The van der Waals surface area contributed by atoms with E-state index in [1.165, 1.54) is 12.8 Å². The lowest BCUT2D eigenvalue weighted by Crippen LogP contribution is -2.34. The SMILES string of the molecule is CC(C)(C)C(=O)NCc1ccc(Cl)c(C(=O)Nc2cccc3c2cnn3-c2ccnc(C3CC3)c2)c1. The second kappa shape index (κ2) is 9.39. The van der Waals surface area contributed by atoms with Crippen molar-refractivity contribution < 1.29 is 9.59 Å². The molecule has 0 bridgehead atoms. The number of hydrogen-bond donors (Lipinski definition) is 2. The predicted molar refractivity (Wildman–Crippen MR) is 142 cm³/mol. The molecular formula is C28H28ClN5O2. The molecule has 0 atom stereocenters. The average Bonchev–Trinajstić information content (AvgIpc) is 3.61. The first-order valence-electron chi connectivity index (χ1n) is 12.0. The smallest absolute Gasteiger partial charge is 0.257 e. The quantitative estimate of drug-likeness (QED) is 0.346. The highest BCUT2D eigenvalue weighted by molar-refractivity contribution is 6.34. The summed E-state index contributed by atoms with van der Waals surface area (Å²) in [5.41, 5.74) is 4.19. The summed E-state index contributed by atoms with van der Waals surface area (Å²) in [6, 6.07) is 14.9. The summed E-state index contributed by atoms with van der Waals surface area (Å²) in [7, 11) is 0. The second-order valence-corrected chi connectivity index (χ2v) is 10.6. The van der Waals surface area contributed by atoms with Crippen LogP contribution < -0.4 is 10.6 Å². The van der Waals surface area contributed by atoms with Crippen molar-refractivity contribution in [3.63, 3.8) is 0 Å². The zero-order valence-corrected chi connectivity index (χ0v) is 21.3. The molecule has 2 heterocycles. The van der Waals surface area contributed by atoms with E-state index < -0.39 is 5.41 Å². The molecule has 0 aliphatic heterocycles. The summed E-state index contributed by atoms with van der Waals surface area (Å²) < 4.78 is 1.87. The molecule has 184 valence electrons. The van der Waals surface area contributed by atoms with Gasteiger partial charge in [0, 0.05) is 35.2 Å². The van der Waals surface area contributed by atoms with Gasteiger partial charge >= 0.3 is 0 Å². The van der Waals surface area contributed by atoms with E-state index in [-0.39, 0.29) is 11.8 Å². The minimum Gasteiger partial charge on any atom is -0.352 e. The van der Waals surface area contributed by atoms with Crippen LogP contribution in [0.25, 0.3) is 16.6 Å². The fourth-order valence-electron chi connectivity index (χ4n) is 4.03. The van der Waals surface area contributed by atoms with Gasteiger partial charge in [0.25, 0.3) is 5.91 Å². The summed E-state index contributed by atoms with van der Waals surface area (Å²) >= 11 is 6.37. The topological polar surface area (TPSA) is 88.9 Å². The van der Waals surface area contributed by atoms with Crippen LogP contribution in [0, 0.1) is 5.41 Å². The molecule has 7 nitrogen and oxygen atoms in total. The molecular weight excluding hydrogens is 474 g/mol. The van der Waals surface area contributed by atoms with Gasteiger partial charge in [-0.25, -0.2) is 4.68 Å². The fourth-order valence-corrected chi connectivity index (χ4v) is 4.23. The number of halogens is 1. The van der Waals surface area contributed by atoms with Crippen molar-refractivity contribution >= 4 is 40.0 Å². The summed E-state index contributed by atoms with van der Waals surface area (Å²) in [4.78, 5) is 29.9. The Hall–Kier alpha value is -3.71. The van der Waals surface area contributed by atoms with Crippen molar-refractivity contribution in [1.29, 1.82) is 0 Å². The van der Waals surface area contributed by atoms with Gasteiger partial charge in [-0.3, -0.25) is 14.6 Å². The number of amides is 2. The third-order valence-electron chi connectivity index (χ3n) is 6.28. The lowest BCUT2D eigenvalue weighted by atomic mass is 9.95. The highest BCUT2D eigenvalue weighted by Crippen LogP contribution is 2.39. The van der Waals surface area contributed by atoms with Crippen molar-refractivity contribution in [2.24, 2.45) is 5.41 Å². The Labute approximate surface area is 214 Å². The maximum Gasteiger partial charge on any atom is 0.257 e. The summed E-state index contributed by atoms with van der Waals surface area (Å²) in [5.74, 6) is 0.152. The van der Waals surface area contributed by atoms with Gasteiger partial charge in [0.2, 0.25) is 5.91 Å². The monoisotopic (exact) mass is 501 g/mol. The van der Waals surface area contributed by atoms with Crippen molar-refractivity contribution in [1.82, 2.24) is 20.1 Å². The van der Waals surface area contributed by atoms with Crippen LogP contribution in [0.5, 0.6) is 0 Å². The Morgan fingerprint density at radius 2 is 1.92 bits per heavy atom. The number of carbonyl (C=O) groups is 2. The van der Waals surface area contributed by atoms with Crippen LogP contribution in [-0.4, -0.2) is 26.6 Å². The van der Waals surface area contributed by atoms with E-state index in [4.69, 9.17) is 11.6 Å². The van der Waals surface area contributed by atoms with Crippen LogP contribution in [0.2, 0.25) is 5.02 Å². The summed E-state index contributed by atoms with van der Waals surface area (Å²) in [6.45, 7) is 5.87. The van der Waals surface area contributed by atoms with Gasteiger partial charge in [0.1, 0.15) is 0 Å². The third kappa shape index (κ3) is 4.97. The van der Waals surface area contributed by atoms with Crippen molar-refractivity contribution in [3.8, 4) is 5.69 Å². The van der Waals surface area contributed by atoms with E-state index in [2.05, 4.69) is 26.8 Å². The first-order valence-corrected chi connectivity index (χ1v) is 12.4. The molecule has 2 aromatic heterocycles. The number of anilines is 1. The van der Waals surface area contributed by atoms with E-state index in [1.807, 2.05) is 55.9 Å². The molecule has 5 rings (SSSR count). The molecule has 1 aliphatic carbocycles. The molecule has 1 saturated carbocycles. The number of nitrogens with one attached hydrogen (secondary N) is 2. The lowest BCUT2D eigenvalue weighted by molar-refractivity contribution is -0.128. The van der Waals surface area contributed by atoms with E-state index in [9.17, 15) is 9.59 Å². The number of rotatable bonds is 6. The Bertz CT molecular complexity index is 1470. The Morgan fingerprint density at radius 3 is 2.67 bits per heavy atom. The number of pyridine rings is 1. The van der Waals surface area contributed by atoms with Crippen LogP contribution >= 0.6 is 11.6 Å². The molecule has 2 aromatic carbocycles. The Balaban J connectivity index is 1.38. The first-order chi connectivity index (χ1) is 17.2. The molecule has 1 aliphatic rings. The van der Waals surface area contributed by atoms with Crippen LogP contribution in [0.15, 0.2) is 60.9 Å². The molecule has 2 amide bonds. The maximum atomic E-state index is 13.2. The molecule has 2 N–H and O–H groups in total. The van der Waals surface area contributed by atoms with Crippen molar-refractivity contribution in [3.05, 3.63) is 82.8 Å². The number of fused-ring (bicyclic) bond motifs is 1. The first kappa shape index (κ1) is 24.0. The normalized spacial score (nSPS) is 13.6. The number of hydrogen-bond acceptors (Lipinski definition) is 4. The minimum absolute atomic E-state index is 0.0643. The zero-order chi connectivity index (χ0) is 25.4. The average molecular weight is 502 g/mol. The predicted octanol–water partition coefficient (Wildman–Crippen LogP) is 5.87. The molecule has 0 spiro atoms. The lowest BCUT2D eigenvalue weighted by Gasteiger charge is -2.18. The molecule has 0 saturated heterocycles. The van der Waals surface area contributed by atoms with Crippen LogP contribution in [0.3, 0.4) is 0 Å². The van der Waals surface area contributed by atoms with Gasteiger partial charge in [-0.2, -0.15) is 5.10 Å². The van der Waals surface area contributed by atoms with Gasteiger partial charge in [0.05, 0.1) is 33.7 Å². The van der Waals surface area contributed by atoms with Gasteiger partial charge in [-0.1, -0.05) is 44.5 Å². The van der Waals surface area contributed by atoms with Gasteiger partial charge in [-0.05, 0) is 54.8 Å². The van der Waals surface area contributed by atoms with E-state index in [1.54, 1.807) is 24.4 Å². The minimum atomic E-state index is -0.495. The van der Waals surface area contributed by atoms with E-state index in [0.717, 1.165) is 27.8 Å². The summed E-state index contributed by atoms with van der Waals surface area (Å²) in [6.07, 6.45) is 5.93. The largest absolute Gasteiger partial charge is 0.352 e. The second-order valence-electron chi connectivity index (χ2n) is 10.2. The van der Waals surface area contributed by atoms with Crippen LogP contribution in [0.4, 0.5) is 5.69 Å². The fraction of sp³-hybridized carbons (Fsp3) is 0.286. The van der Waals surface area contributed by atoms with Gasteiger partial charge in [0.15, 0.2) is 0 Å². The van der Waals surface area contributed by atoms with Crippen LogP contribution in [0.1, 0.15) is 61.1 Å². The highest BCUT2D eigenvalue weighted by Gasteiger charge is 2.25. The van der Waals surface area contributed by atoms with E-state index >= 15 is 0 Å². The molecule has 36 heavy (non-hydrogen) atoms. The zero-order valence-electron chi connectivity index (χ0n) is 20.5. The number of benzene rings is 2. The number of aromatic nitrogens is 3. The van der Waals surface area contributed by atoms with Crippen molar-refractivity contribution in [2.75, 3.05) is 5.32 Å². The number of nitrogens with zero attached hydrogens (tertiary/aromatic N) is 3. The van der Waals surface area contributed by atoms with E-state index in [0.29, 0.717) is 28.7 Å². The Kier molecular flexibility index (Phi) is 6.26. The maximum absolute atomic E-state index is 13.2. The number of carbonyl (C=O) groups excluding carboxylic acids is 2. The van der Waals surface area contributed by atoms with Gasteiger partial charge in [-0.15, -0.1) is 0 Å². The molecule has 0 unspecified atom stereocenters. The highest BCUT2D eigenvalue weighted by atomic mass is 35.5. The molecule has 8 heteroatoms. The molecule has 1 fully saturated rings. The van der Waals surface area contributed by atoms with Crippen molar-refractivity contribution in [2.45, 2.75) is 46.1 Å². The van der Waals surface area contributed by atoms with Gasteiger partial charge < -0.3 is 10.6 Å².